The predicted octanol–water partition coefficient (Wildman–Crippen LogP) is 2.95. The van der Waals surface area contributed by atoms with Crippen LogP contribution >= 0.6 is 24.0 Å². The fourth-order valence-electron chi connectivity index (χ4n) is 1.97. The number of aromatic nitrogens is 1. The highest BCUT2D eigenvalue weighted by atomic mass is 127. The molecule has 0 bridgehead atoms. The molecule has 0 aliphatic carbocycles. The van der Waals surface area contributed by atoms with Crippen molar-refractivity contribution in [3.8, 4) is 0 Å². The van der Waals surface area contributed by atoms with Crippen LogP contribution in [0, 0.1) is 5.82 Å². The zero-order valence-corrected chi connectivity index (χ0v) is 14.3. The van der Waals surface area contributed by atoms with E-state index >= 15 is 0 Å². The number of guanidine groups is 1. The molecule has 4 N–H and O–H groups in total. The van der Waals surface area contributed by atoms with Crippen LogP contribution in [0.15, 0.2) is 41.5 Å². The Morgan fingerprint density at radius 3 is 2.95 bits per heavy atom. The fraction of sp³-hybridized carbons (Fsp3) is 0.267. The normalized spacial score (nSPS) is 11.2. The van der Waals surface area contributed by atoms with Crippen molar-refractivity contribution in [2.24, 2.45) is 10.7 Å². The SMILES string of the molecule is C=C(C)CN=C(N)NCCc1c[nH]c2cc(F)ccc12.I. The van der Waals surface area contributed by atoms with Gasteiger partial charge in [-0.25, -0.2) is 9.38 Å². The van der Waals surface area contributed by atoms with Gasteiger partial charge in [-0.1, -0.05) is 12.2 Å². The molecular formula is C15H20FIN4. The van der Waals surface area contributed by atoms with E-state index in [-0.39, 0.29) is 29.8 Å². The molecule has 1 aromatic carbocycles. The van der Waals surface area contributed by atoms with Gasteiger partial charge in [-0.15, -0.1) is 24.0 Å². The second-order valence-electron chi connectivity index (χ2n) is 4.84. The van der Waals surface area contributed by atoms with Crippen LogP contribution in [0.3, 0.4) is 0 Å². The molecule has 114 valence electrons. The highest BCUT2D eigenvalue weighted by molar-refractivity contribution is 14.0. The zero-order valence-electron chi connectivity index (χ0n) is 11.9. The number of benzene rings is 1. The van der Waals surface area contributed by atoms with Crippen molar-refractivity contribution in [1.29, 1.82) is 0 Å². The number of fused-ring (bicyclic) bond motifs is 1. The van der Waals surface area contributed by atoms with Crippen LogP contribution < -0.4 is 11.1 Å². The topological polar surface area (TPSA) is 66.2 Å². The fourth-order valence-corrected chi connectivity index (χ4v) is 1.97. The number of nitrogens with one attached hydrogen (secondary N) is 2. The average molecular weight is 402 g/mol. The lowest BCUT2D eigenvalue weighted by molar-refractivity contribution is 0.629. The Kier molecular flexibility index (Phi) is 6.67. The van der Waals surface area contributed by atoms with Crippen molar-refractivity contribution in [3.63, 3.8) is 0 Å². The third kappa shape index (κ3) is 5.04. The molecule has 21 heavy (non-hydrogen) atoms. The van der Waals surface area contributed by atoms with Crippen LogP contribution in [-0.4, -0.2) is 24.0 Å². The van der Waals surface area contributed by atoms with Gasteiger partial charge in [0.25, 0.3) is 0 Å². The molecule has 0 aliphatic rings. The number of nitrogens with zero attached hydrogens (tertiary/aromatic N) is 1. The minimum atomic E-state index is -0.236. The first-order valence-electron chi connectivity index (χ1n) is 6.50. The van der Waals surface area contributed by atoms with Gasteiger partial charge in [0.2, 0.25) is 0 Å². The Morgan fingerprint density at radius 2 is 2.24 bits per heavy atom. The van der Waals surface area contributed by atoms with Gasteiger partial charge in [-0.2, -0.15) is 0 Å². The molecule has 0 atom stereocenters. The van der Waals surface area contributed by atoms with Crippen LogP contribution in [0.1, 0.15) is 12.5 Å². The summed E-state index contributed by atoms with van der Waals surface area (Å²) in [6.45, 7) is 6.88. The van der Waals surface area contributed by atoms with E-state index in [9.17, 15) is 4.39 Å². The third-order valence-electron chi connectivity index (χ3n) is 2.95. The molecule has 0 radical (unpaired) electrons. The monoisotopic (exact) mass is 402 g/mol. The molecule has 6 heteroatoms. The van der Waals surface area contributed by atoms with E-state index in [1.165, 1.54) is 12.1 Å². The summed E-state index contributed by atoms with van der Waals surface area (Å²) in [5, 5.41) is 4.08. The summed E-state index contributed by atoms with van der Waals surface area (Å²) in [6, 6.07) is 4.75. The standard InChI is InChI=1S/C15H19FN4.HI/c1-10(2)8-20-15(17)18-6-5-11-9-19-14-7-12(16)3-4-13(11)14;/h3-4,7,9,19H,1,5-6,8H2,2H3,(H3,17,18,20);1H. The van der Waals surface area contributed by atoms with Crippen molar-refractivity contribution in [2.75, 3.05) is 13.1 Å². The first kappa shape index (κ1) is 17.5. The number of H-pyrrole nitrogens is 1. The van der Waals surface area contributed by atoms with Gasteiger partial charge in [-0.3, -0.25) is 0 Å². The summed E-state index contributed by atoms with van der Waals surface area (Å²) in [4.78, 5) is 7.21. The number of halogens is 2. The van der Waals surface area contributed by atoms with E-state index in [1.807, 2.05) is 13.1 Å². The number of aliphatic imine (C=N–C) groups is 1. The highest BCUT2D eigenvalue weighted by Gasteiger charge is 2.04. The summed E-state index contributed by atoms with van der Waals surface area (Å²) < 4.78 is 13.1. The summed E-state index contributed by atoms with van der Waals surface area (Å²) in [5.74, 6) is 0.180. The molecule has 1 heterocycles. The van der Waals surface area contributed by atoms with Crippen molar-refractivity contribution in [3.05, 3.63) is 47.9 Å². The minimum absolute atomic E-state index is 0. The second kappa shape index (κ2) is 8.02. The number of nitrogens with two attached hydrogens (primary N) is 1. The lowest BCUT2D eigenvalue weighted by Crippen LogP contribution is -2.33. The van der Waals surface area contributed by atoms with Gasteiger partial charge >= 0.3 is 0 Å². The Labute approximate surface area is 140 Å². The lowest BCUT2D eigenvalue weighted by atomic mass is 10.1. The maximum atomic E-state index is 13.1. The van der Waals surface area contributed by atoms with E-state index in [0.29, 0.717) is 19.0 Å². The second-order valence-corrected chi connectivity index (χ2v) is 4.84. The third-order valence-corrected chi connectivity index (χ3v) is 2.95. The molecule has 2 rings (SSSR count). The van der Waals surface area contributed by atoms with Crippen LogP contribution in [0.5, 0.6) is 0 Å². The smallest absolute Gasteiger partial charge is 0.188 e. The van der Waals surface area contributed by atoms with Gasteiger partial charge in [0.15, 0.2) is 5.96 Å². The van der Waals surface area contributed by atoms with Gasteiger partial charge in [0.05, 0.1) is 6.54 Å². The van der Waals surface area contributed by atoms with Gasteiger partial charge in [0.1, 0.15) is 5.82 Å². The van der Waals surface area contributed by atoms with E-state index in [1.54, 1.807) is 6.07 Å². The van der Waals surface area contributed by atoms with Crippen LogP contribution in [0.4, 0.5) is 4.39 Å². The van der Waals surface area contributed by atoms with Gasteiger partial charge < -0.3 is 16.0 Å². The Bertz CT molecular complexity index is 648. The zero-order chi connectivity index (χ0) is 14.5. The maximum Gasteiger partial charge on any atom is 0.188 e. The minimum Gasteiger partial charge on any atom is -0.370 e. The van der Waals surface area contributed by atoms with Crippen molar-refractivity contribution in [2.45, 2.75) is 13.3 Å². The van der Waals surface area contributed by atoms with Crippen LogP contribution in [0.2, 0.25) is 0 Å². The van der Waals surface area contributed by atoms with Gasteiger partial charge in [-0.05, 0) is 37.1 Å². The Balaban J connectivity index is 0.00000220. The Morgan fingerprint density at radius 1 is 1.48 bits per heavy atom. The number of hydrogen-bond donors (Lipinski definition) is 3. The quantitative estimate of drug-likeness (QED) is 0.312. The highest BCUT2D eigenvalue weighted by Crippen LogP contribution is 2.19. The first-order chi connectivity index (χ1) is 9.56. The Hall–Kier alpha value is -1.57. The molecule has 0 fully saturated rings. The number of hydrogen-bond acceptors (Lipinski definition) is 1. The van der Waals surface area contributed by atoms with Crippen molar-refractivity contribution >= 4 is 40.8 Å². The molecule has 2 aromatic rings. The summed E-state index contributed by atoms with van der Waals surface area (Å²) >= 11 is 0. The summed E-state index contributed by atoms with van der Waals surface area (Å²) in [7, 11) is 0. The first-order valence-corrected chi connectivity index (χ1v) is 6.50. The lowest BCUT2D eigenvalue weighted by Gasteiger charge is -2.05. The van der Waals surface area contributed by atoms with E-state index in [2.05, 4.69) is 21.9 Å². The molecule has 0 aliphatic heterocycles. The summed E-state index contributed by atoms with van der Waals surface area (Å²) in [5.41, 5.74) is 8.63. The van der Waals surface area contributed by atoms with E-state index in [4.69, 9.17) is 5.73 Å². The molecule has 0 amide bonds. The molecule has 0 unspecified atom stereocenters. The molecule has 0 spiro atoms. The largest absolute Gasteiger partial charge is 0.370 e. The van der Waals surface area contributed by atoms with Crippen LogP contribution in [-0.2, 0) is 6.42 Å². The predicted molar refractivity (Wildman–Crippen MR) is 96.7 cm³/mol. The number of rotatable bonds is 5. The van der Waals surface area contributed by atoms with Crippen molar-refractivity contribution in [1.82, 2.24) is 10.3 Å². The van der Waals surface area contributed by atoms with E-state index < -0.39 is 0 Å². The maximum absolute atomic E-state index is 13.1. The van der Waals surface area contributed by atoms with Crippen LogP contribution in [0.25, 0.3) is 10.9 Å². The number of aromatic amines is 1. The molecule has 1 aromatic heterocycles. The molecule has 0 saturated carbocycles. The van der Waals surface area contributed by atoms with Gasteiger partial charge in [0, 0.05) is 23.6 Å². The molecule has 0 saturated heterocycles. The summed E-state index contributed by atoms with van der Waals surface area (Å²) in [6.07, 6.45) is 2.68. The molecule has 4 nitrogen and oxygen atoms in total. The molecular weight excluding hydrogens is 382 g/mol. The van der Waals surface area contributed by atoms with E-state index in [0.717, 1.165) is 28.5 Å². The van der Waals surface area contributed by atoms with Crippen molar-refractivity contribution < 1.29 is 4.39 Å². The average Bonchev–Trinajstić information content (AvgIpc) is 2.79.